The van der Waals surface area contributed by atoms with Crippen LogP contribution in [-0.4, -0.2) is 5.11 Å². The number of benzene rings is 1. The van der Waals surface area contributed by atoms with E-state index in [1.54, 1.807) is 11.3 Å². The van der Waals surface area contributed by atoms with Crippen LogP contribution in [0.1, 0.15) is 34.1 Å². The Kier molecular flexibility index (Phi) is 3.60. The van der Waals surface area contributed by atoms with E-state index in [2.05, 4.69) is 45.0 Å². The number of aryl methyl sites for hydroxylation is 3. The highest BCUT2D eigenvalue weighted by molar-refractivity contribution is 7.10. The van der Waals surface area contributed by atoms with Crippen LogP contribution >= 0.6 is 11.3 Å². The molecule has 0 radical (unpaired) electrons. The highest BCUT2D eigenvalue weighted by Crippen LogP contribution is 2.33. The fourth-order valence-electron chi connectivity index (χ4n) is 2.48. The van der Waals surface area contributed by atoms with Gasteiger partial charge in [-0.1, -0.05) is 18.2 Å². The van der Waals surface area contributed by atoms with Crippen LogP contribution in [0.2, 0.25) is 0 Å². The van der Waals surface area contributed by atoms with E-state index >= 15 is 0 Å². The number of aliphatic hydroxyl groups is 1. The van der Waals surface area contributed by atoms with Crippen LogP contribution in [0, 0.1) is 20.8 Å². The molecule has 0 saturated heterocycles. The van der Waals surface area contributed by atoms with E-state index in [1.165, 1.54) is 22.3 Å². The third-order valence-corrected chi connectivity index (χ3v) is 4.79. The van der Waals surface area contributed by atoms with Gasteiger partial charge in [-0.15, -0.1) is 11.3 Å². The molecule has 0 spiro atoms. The lowest BCUT2D eigenvalue weighted by atomic mass is 9.88. The molecular weight excluding hydrogens is 240 g/mol. The van der Waals surface area contributed by atoms with Crippen molar-refractivity contribution in [2.24, 2.45) is 0 Å². The minimum atomic E-state index is -0.783. The van der Waals surface area contributed by atoms with E-state index in [0.717, 1.165) is 4.88 Å². The first-order valence-electron chi connectivity index (χ1n) is 6.24. The van der Waals surface area contributed by atoms with Gasteiger partial charge in [-0.3, -0.25) is 0 Å². The molecule has 18 heavy (non-hydrogen) atoms. The van der Waals surface area contributed by atoms with E-state index in [0.29, 0.717) is 6.42 Å². The molecule has 2 rings (SSSR count). The predicted molar refractivity (Wildman–Crippen MR) is 78.2 cm³/mol. The normalized spacial score (nSPS) is 14.5. The van der Waals surface area contributed by atoms with Crippen LogP contribution < -0.4 is 0 Å². The maximum absolute atomic E-state index is 10.8. The zero-order valence-corrected chi connectivity index (χ0v) is 12.3. The zero-order valence-electron chi connectivity index (χ0n) is 11.4. The van der Waals surface area contributed by atoms with Crippen LogP contribution in [0.15, 0.2) is 29.6 Å². The van der Waals surface area contributed by atoms with Crippen molar-refractivity contribution in [3.8, 4) is 0 Å². The third kappa shape index (κ3) is 2.50. The molecule has 1 heterocycles. The Morgan fingerprint density at radius 2 is 1.67 bits per heavy atom. The molecule has 0 aliphatic rings. The fraction of sp³-hybridized carbons (Fsp3) is 0.375. The van der Waals surface area contributed by atoms with Gasteiger partial charge in [0.2, 0.25) is 0 Å². The summed E-state index contributed by atoms with van der Waals surface area (Å²) < 4.78 is 0. The van der Waals surface area contributed by atoms with Crippen molar-refractivity contribution >= 4 is 11.3 Å². The largest absolute Gasteiger partial charge is 0.384 e. The molecule has 1 aromatic heterocycles. The first-order valence-corrected chi connectivity index (χ1v) is 7.12. The second-order valence-electron chi connectivity index (χ2n) is 5.25. The van der Waals surface area contributed by atoms with Gasteiger partial charge in [-0.2, -0.15) is 0 Å². The molecule has 0 bridgehead atoms. The van der Waals surface area contributed by atoms with E-state index in [9.17, 15) is 5.11 Å². The van der Waals surface area contributed by atoms with Gasteiger partial charge in [0.05, 0.1) is 0 Å². The molecule has 2 heteroatoms. The van der Waals surface area contributed by atoms with Crippen molar-refractivity contribution in [2.45, 2.75) is 39.7 Å². The second-order valence-corrected chi connectivity index (χ2v) is 6.17. The fourth-order valence-corrected chi connectivity index (χ4v) is 3.47. The summed E-state index contributed by atoms with van der Waals surface area (Å²) in [4.78, 5) is 1.07. The first-order chi connectivity index (χ1) is 8.42. The highest BCUT2D eigenvalue weighted by Gasteiger charge is 2.27. The van der Waals surface area contributed by atoms with E-state index in [4.69, 9.17) is 0 Å². The van der Waals surface area contributed by atoms with Crippen molar-refractivity contribution in [2.75, 3.05) is 0 Å². The van der Waals surface area contributed by atoms with Gasteiger partial charge in [-0.25, -0.2) is 0 Å². The molecule has 0 aliphatic heterocycles. The molecule has 0 saturated carbocycles. The molecule has 0 fully saturated rings. The lowest BCUT2D eigenvalue weighted by Gasteiger charge is -2.25. The molecule has 1 unspecified atom stereocenters. The quantitative estimate of drug-likeness (QED) is 0.880. The average molecular weight is 260 g/mol. The molecule has 1 nitrogen and oxygen atoms in total. The third-order valence-electron chi connectivity index (χ3n) is 3.52. The minimum Gasteiger partial charge on any atom is -0.384 e. The van der Waals surface area contributed by atoms with E-state index in [1.807, 2.05) is 12.3 Å². The number of thiophene rings is 1. The Balaban J connectivity index is 2.36. The van der Waals surface area contributed by atoms with Gasteiger partial charge < -0.3 is 5.11 Å². The summed E-state index contributed by atoms with van der Waals surface area (Å²) >= 11 is 1.64. The van der Waals surface area contributed by atoms with Crippen LogP contribution in [0.4, 0.5) is 0 Å². The van der Waals surface area contributed by atoms with Crippen LogP contribution in [0.5, 0.6) is 0 Å². The Morgan fingerprint density at radius 1 is 1.06 bits per heavy atom. The summed E-state index contributed by atoms with van der Waals surface area (Å²) in [5, 5.41) is 12.8. The number of hydrogen-bond donors (Lipinski definition) is 1. The number of hydrogen-bond acceptors (Lipinski definition) is 2. The van der Waals surface area contributed by atoms with Gasteiger partial charge in [-0.05, 0) is 61.4 Å². The van der Waals surface area contributed by atoms with Crippen LogP contribution in [0.3, 0.4) is 0 Å². The van der Waals surface area contributed by atoms with E-state index in [-0.39, 0.29) is 0 Å². The maximum atomic E-state index is 10.8. The van der Waals surface area contributed by atoms with Crippen molar-refractivity contribution in [1.82, 2.24) is 0 Å². The summed E-state index contributed by atoms with van der Waals surface area (Å²) in [6.07, 6.45) is 0.673. The van der Waals surface area contributed by atoms with Crippen molar-refractivity contribution in [3.63, 3.8) is 0 Å². The first kappa shape index (κ1) is 13.3. The molecule has 0 amide bonds. The summed E-state index contributed by atoms with van der Waals surface area (Å²) in [6, 6.07) is 8.36. The topological polar surface area (TPSA) is 20.2 Å². The Labute approximate surface area is 113 Å². The van der Waals surface area contributed by atoms with Gasteiger partial charge in [0, 0.05) is 11.3 Å². The Morgan fingerprint density at radius 3 is 2.17 bits per heavy atom. The number of rotatable bonds is 3. The summed E-state index contributed by atoms with van der Waals surface area (Å²) in [5.41, 5.74) is 4.16. The lowest BCUT2D eigenvalue weighted by molar-refractivity contribution is 0.0606. The standard InChI is InChI=1S/C16H20OS/c1-11-6-5-7-12(2)14(11)10-16(4,17)15-13(3)8-9-18-15/h5-9,17H,10H2,1-4H3. The second kappa shape index (κ2) is 4.87. The van der Waals surface area contributed by atoms with Gasteiger partial charge in [0.15, 0.2) is 0 Å². The maximum Gasteiger partial charge on any atom is 0.100 e. The Bertz CT molecular complexity index is 532. The van der Waals surface area contributed by atoms with Crippen molar-refractivity contribution in [3.05, 3.63) is 56.8 Å². The molecular formula is C16H20OS. The van der Waals surface area contributed by atoms with Crippen LogP contribution in [-0.2, 0) is 12.0 Å². The summed E-state index contributed by atoms with van der Waals surface area (Å²) in [6.45, 7) is 8.20. The summed E-state index contributed by atoms with van der Waals surface area (Å²) in [5.74, 6) is 0. The molecule has 1 atom stereocenters. The van der Waals surface area contributed by atoms with E-state index < -0.39 is 5.60 Å². The molecule has 2 aromatic rings. The zero-order chi connectivity index (χ0) is 13.3. The molecule has 96 valence electrons. The Hall–Kier alpha value is -1.12. The SMILES string of the molecule is Cc1ccsc1C(C)(O)Cc1c(C)cccc1C. The predicted octanol–water partition coefficient (Wildman–Crippen LogP) is 4.12. The minimum absolute atomic E-state index is 0.673. The highest BCUT2D eigenvalue weighted by atomic mass is 32.1. The van der Waals surface area contributed by atoms with Crippen molar-refractivity contribution in [1.29, 1.82) is 0 Å². The van der Waals surface area contributed by atoms with Gasteiger partial charge in [0.25, 0.3) is 0 Å². The molecule has 1 N–H and O–H groups in total. The smallest absolute Gasteiger partial charge is 0.100 e. The average Bonchev–Trinajstić information content (AvgIpc) is 2.71. The van der Waals surface area contributed by atoms with Crippen LogP contribution in [0.25, 0.3) is 0 Å². The monoisotopic (exact) mass is 260 g/mol. The van der Waals surface area contributed by atoms with Gasteiger partial charge >= 0.3 is 0 Å². The molecule has 0 aliphatic carbocycles. The lowest BCUT2D eigenvalue weighted by Crippen LogP contribution is -2.24. The van der Waals surface area contributed by atoms with Gasteiger partial charge in [0.1, 0.15) is 5.60 Å². The van der Waals surface area contributed by atoms with Crippen molar-refractivity contribution < 1.29 is 5.11 Å². The molecule has 1 aromatic carbocycles. The summed E-state index contributed by atoms with van der Waals surface area (Å²) in [7, 11) is 0.